The van der Waals surface area contributed by atoms with Gasteiger partial charge in [0, 0.05) is 26.7 Å². The molecule has 1 aliphatic rings. The first kappa shape index (κ1) is 20.2. The molecule has 0 aliphatic carbocycles. The summed E-state index contributed by atoms with van der Waals surface area (Å²) < 4.78 is 5.20. The first-order valence-corrected chi connectivity index (χ1v) is 9.40. The predicted molar refractivity (Wildman–Crippen MR) is 105 cm³/mol. The van der Waals surface area contributed by atoms with E-state index in [1.165, 1.54) is 5.56 Å². The second kappa shape index (κ2) is 10.2. The van der Waals surface area contributed by atoms with Crippen molar-refractivity contribution >= 4 is 11.9 Å². The van der Waals surface area contributed by atoms with Crippen molar-refractivity contribution < 1.29 is 9.53 Å². The monoisotopic (exact) mass is 360 g/mol. The van der Waals surface area contributed by atoms with Crippen LogP contribution in [0.25, 0.3) is 0 Å². The molecule has 1 N–H and O–H groups in total. The number of guanidine groups is 1. The molecule has 0 saturated carbocycles. The Balaban J connectivity index is 1.98. The molecule has 0 spiro atoms. The molecule has 144 valence electrons. The van der Waals surface area contributed by atoms with Crippen LogP contribution in [0.5, 0.6) is 0 Å². The van der Waals surface area contributed by atoms with Crippen LogP contribution in [-0.4, -0.2) is 69.1 Å². The number of piperidine rings is 1. The molecule has 1 aliphatic heterocycles. The van der Waals surface area contributed by atoms with E-state index < -0.39 is 0 Å². The number of hydrogen-bond donors (Lipinski definition) is 1. The molecule has 6 nitrogen and oxygen atoms in total. The van der Waals surface area contributed by atoms with Gasteiger partial charge in [-0.15, -0.1) is 0 Å². The standard InChI is InChI=1S/C20H32N4O2/c1-5-26-19(25)17-12-9-13-24(15-17)20(21-2)22-14-18(23(3)4)16-10-7-6-8-11-16/h6-8,10-11,17-18H,5,9,12-15H2,1-4H3,(H,21,22). The van der Waals surface area contributed by atoms with Gasteiger partial charge in [-0.05, 0) is 39.4 Å². The maximum absolute atomic E-state index is 12.1. The molecule has 1 aromatic rings. The Morgan fingerprint density at radius 1 is 1.38 bits per heavy atom. The van der Waals surface area contributed by atoms with Gasteiger partial charge in [-0.1, -0.05) is 30.3 Å². The highest BCUT2D eigenvalue weighted by molar-refractivity contribution is 5.81. The van der Waals surface area contributed by atoms with Crippen LogP contribution < -0.4 is 5.32 Å². The van der Waals surface area contributed by atoms with E-state index in [1.54, 1.807) is 7.05 Å². The molecule has 6 heteroatoms. The van der Waals surface area contributed by atoms with Crippen molar-refractivity contribution in [1.82, 2.24) is 15.1 Å². The van der Waals surface area contributed by atoms with Crippen molar-refractivity contribution in [2.24, 2.45) is 10.9 Å². The van der Waals surface area contributed by atoms with Gasteiger partial charge >= 0.3 is 5.97 Å². The maximum atomic E-state index is 12.1. The Labute approximate surface area is 157 Å². The lowest BCUT2D eigenvalue weighted by atomic mass is 9.98. The number of nitrogens with one attached hydrogen (secondary N) is 1. The number of ether oxygens (including phenoxy) is 1. The normalized spacial score (nSPS) is 19.3. The predicted octanol–water partition coefficient (Wildman–Crippen LogP) is 2.14. The van der Waals surface area contributed by atoms with E-state index >= 15 is 0 Å². The van der Waals surface area contributed by atoms with Gasteiger partial charge in [-0.25, -0.2) is 0 Å². The highest BCUT2D eigenvalue weighted by Gasteiger charge is 2.28. The third-order valence-electron chi connectivity index (χ3n) is 4.81. The number of rotatable bonds is 6. The maximum Gasteiger partial charge on any atom is 0.310 e. The lowest BCUT2D eigenvalue weighted by molar-refractivity contribution is -0.149. The van der Waals surface area contributed by atoms with Gasteiger partial charge in [0.05, 0.1) is 18.6 Å². The van der Waals surface area contributed by atoms with E-state index in [1.807, 2.05) is 13.0 Å². The zero-order chi connectivity index (χ0) is 18.9. The van der Waals surface area contributed by atoms with E-state index in [0.29, 0.717) is 13.2 Å². The Kier molecular flexibility index (Phi) is 7.91. The number of carbonyl (C=O) groups is 1. The molecule has 26 heavy (non-hydrogen) atoms. The van der Waals surface area contributed by atoms with Gasteiger partial charge < -0.3 is 19.9 Å². The van der Waals surface area contributed by atoms with Gasteiger partial charge in [0.2, 0.25) is 0 Å². The number of aliphatic imine (C=N–C) groups is 1. The fraction of sp³-hybridized carbons (Fsp3) is 0.600. The van der Waals surface area contributed by atoms with Crippen molar-refractivity contribution in [3.8, 4) is 0 Å². The van der Waals surface area contributed by atoms with Crippen LogP contribution >= 0.6 is 0 Å². The van der Waals surface area contributed by atoms with Gasteiger partial charge in [0.15, 0.2) is 5.96 Å². The Morgan fingerprint density at radius 2 is 2.12 bits per heavy atom. The van der Waals surface area contributed by atoms with Crippen molar-refractivity contribution in [2.75, 3.05) is 47.4 Å². The van der Waals surface area contributed by atoms with Gasteiger partial charge in [-0.2, -0.15) is 0 Å². The minimum atomic E-state index is -0.0943. The van der Waals surface area contributed by atoms with E-state index in [4.69, 9.17) is 4.74 Å². The molecule has 2 atom stereocenters. The highest BCUT2D eigenvalue weighted by Crippen LogP contribution is 2.19. The second-order valence-electron chi connectivity index (χ2n) is 6.86. The second-order valence-corrected chi connectivity index (χ2v) is 6.86. The van der Waals surface area contributed by atoms with Crippen LogP contribution in [0.1, 0.15) is 31.4 Å². The molecular weight excluding hydrogens is 328 g/mol. The summed E-state index contributed by atoms with van der Waals surface area (Å²) in [5.41, 5.74) is 1.27. The number of likely N-dealkylation sites (tertiary alicyclic amines) is 1. The number of carbonyl (C=O) groups excluding carboxylic acids is 1. The van der Waals surface area contributed by atoms with Crippen LogP contribution in [-0.2, 0) is 9.53 Å². The third-order valence-corrected chi connectivity index (χ3v) is 4.81. The SMILES string of the molecule is CCOC(=O)C1CCCN(C(=NC)NCC(c2ccccc2)N(C)C)C1. The summed E-state index contributed by atoms with van der Waals surface area (Å²) in [6, 6.07) is 10.7. The molecule has 2 rings (SSSR count). The average Bonchev–Trinajstić information content (AvgIpc) is 2.66. The van der Waals surface area contributed by atoms with Crippen molar-refractivity contribution in [1.29, 1.82) is 0 Å². The largest absolute Gasteiger partial charge is 0.466 e. The van der Waals surface area contributed by atoms with Gasteiger partial charge in [-0.3, -0.25) is 9.79 Å². The van der Waals surface area contributed by atoms with Crippen LogP contribution in [0.4, 0.5) is 0 Å². The molecule has 2 unspecified atom stereocenters. The number of esters is 1. The summed E-state index contributed by atoms with van der Waals surface area (Å²) in [6.45, 7) is 4.61. The fourth-order valence-electron chi connectivity index (χ4n) is 3.42. The van der Waals surface area contributed by atoms with Crippen molar-refractivity contribution in [3.63, 3.8) is 0 Å². The number of benzene rings is 1. The molecule has 0 amide bonds. The zero-order valence-corrected chi connectivity index (χ0v) is 16.4. The minimum Gasteiger partial charge on any atom is -0.466 e. The topological polar surface area (TPSA) is 57.2 Å². The summed E-state index contributed by atoms with van der Waals surface area (Å²) in [7, 11) is 5.96. The third kappa shape index (κ3) is 5.46. The van der Waals surface area contributed by atoms with E-state index in [-0.39, 0.29) is 17.9 Å². The lowest BCUT2D eigenvalue weighted by Crippen LogP contribution is -2.49. The Hall–Kier alpha value is -2.08. The van der Waals surface area contributed by atoms with Crippen molar-refractivity contribution in [2.45, 2.75) is 25.8 Å². The molecule has 0 aromatic heterocycles. The van der Waals surface area contributed by atoms with Gasteiger partial charge in [0.1, 0.15) is 0 Å². The van der Waals surface area contributed by atoms with Crippen LogP contribution in [0.2, 0.25) is 0 Å². The summed E-state index contributed by atoms with van der Waals surface area (Å²) in [4.78, 5) is 20.9. The molecular formula is C20H32N4O2. The molecule has 1 aromatic carbocycles. The number of hydrogen-bond acceptors (Lipinski definition) is 4. The molecule has 1 heterocycles. The smallest absolute Gasteiger partial charge is 0.310 e. The van der Waals surface area contributed by atoms with Crippen molar-refractivity contribution in [3.05, 3.63) is 35.9 Å². The molecule has 0 radical (unpaired) electrons. The fourth-order valence-corrected chi connectivity index (χ4v) is 3.42. The molecule has 1 saturated heterocycles. The van der Waals surface area contributed by atoms with Crippen LogP contribution in [0.3, 0.4) is 0 Å². The molecule has 1 fully saturated rings. The average molecular weight is 361 g/mol. The van der Waals surface area contributed by atoms with Gasteiger partial charge in [0.25, 0.3) is 0 Å². The number of nitrogens with zero attached hydrogens (tertiary/aromatic N) is 3. The summed E-state index contributed by atoms with van der Waals surface area (Å²) >= 11 is 0. The zero-order valence-electron chi connectivity index (χ0n) is 16.4. The molecule has 0 bridgehead atoms. The lowest BCUT2D eigenvalue weighted by Gasteiger charge is -2.35. The summed E-state index contributed by atoms with van der Waals surface area (Å²) in [6.07, 6.45) is 1.86. The Bertz CT molecular complexity index is 589. The highest BCUT2D eigenvalue weighted by atomic mass is 16.5. The first-order chi connectivity index (χ1) is 12.6. The summed E-state index contributed by atoms with van der Waals surface area (Å²) in [5.74, 6) is 0.686. The van der Waals surface area contributed by atoms with Crippen LogP contribution in [0.15, 0.2) is 35.3 Å². The van der Waals surface area contributed by atoms with E-state index in [0.717, 1.165) is 31.9 Å². The van der Waals surface area contributed by atoms with E-state index in [9.17, 15) is 4.79 Å². The quantitative estimate of drug-likeness (QED) is 0.478. The number of likely N-dealkylation sites (N-methyl/N-ethyl adjacent to an activating group) is 1. The van der Waals surface area contributed by atoms with Crippen LogP contribution in [0, 0.1) is 5.92 Å². The van der Waals surface area contributed by atoms with E-state index in [2.05, 4.69) is 58.5 Å². The Morgan fingerprint density at radius 3 is 2.73 bits per heavy atom. The first-order valence-electron chi connectivity index (χ1n) is 9.40. The minimum absolute atomic E-state index is 0.0685. The summed E-state index contributed by atoms with van der Waals surface area (Å²) in [5, 5.41) is 3.49.